The maximum absolute atomic E-state index is 12.5. The Morgan fingerprint density at radius 1 is 1.35 bits per heavy atom. The van der Waals surface area contributed by atoms with Gasteiger partial charge in [-0.05, 0) is 31.2 Å². The third kappa shape index (κ3) is 2.61. The highest BCUT2D eigenvalue weighted by molar-refractivity contribution is 7.94. The molecule has 104 valence electrons. The van der Waals surface area contributed by atoms with Crippen LogP contribution < -0.4 is 4.31 Å². The molecule has 0 bridgehead atoms. The number of thiophene rings is 1. The first-order chi connectivity index (χ1) is 9.48. The monoisotopic (exact) mass is 308 g/mol. The second-order valence-electron chi connectivity index (χ2n) is 3.92. The largest absolute Gasteiger partial charge is 0.508 e. The van der Waals surface area contributed by atoms with Crippen LogP contribution in [0.25, 0.3) is 0 Å². The molecule has 0 fully saturated rings. The molecular formula is C13H12N2O3S2. The molecule has 1 N–H and O–H groups in total. The standard InChI is InChI=1S/C13H12N2O3S2/c1-2-15(10-4-3-5-11(16)8-10)20(17,18)13-7-6-12(9-14)19-13/h3-8,16H,2H2,1H3. The van der Waals surface area contributed by atoms with E-state index in [4.69, 9.17) is 5.26 Å². The number of phenols is 1. The zero-order chi connectivity index (χ0) is 14.8. The molecule has 2 aromatic rings. The van der Waals surface area contributed by atoms with Gasteiger partial charge < -0.3 is 5.11 Å². The summed E-state index contributed by atoms with van der Waals surface area (Å²) in [4.78, 5) is 0.343. The van der Waals surface area contributed by atoms with Crippen LogP contribution in [0.4, 0.5) is 5.69 Å². The Balaban J connectivity index is 2.48. The predicted molar refractivity (Wildman–Crippen MR) is 77.3 cm³/mol. The van der Waals surface area contributed by atoms with E-state index in [1.54, 1.807) is 19.1 Å². The Morgan fingerprint density at radius 3 is 2.65 bits per heavy atom. The summed E-state index contributed by atoms with van der Waals surface area (Å²) in [5, 5.41) is 18.3. The van der Waals surface area contributed by atoms with Gasteiger partial charge in [-0.3, -0.25) is 4.31 Å². The molecule has 0 aliphatic rings. The molecular weight excluding hydrogens is 296 g/mol. The molecule has 0 saturated carbocycles. The second kappa shape index (κ2) is 5.53. The number of anilines is 1. The molecule has 0 atom stereocenters. The fraction of sp³-hybridized carbons (Fsp3) is 0.154. The van der Waals surface area contributed by atoms with Gasteiger partial charge in [0, 0.05) is 12.6 Å². The van der Waals surface area contributed by atoms with Crippen molar-refractivity contribution in [3.63, 3.8) is 0 Å². The van der Waals surface area contributed by atoms with Gasteiger partial charge in [-0.15, -0.1) is 11.3 Å². The smallest absolute Gasteiger partial charge is 0.273 e. The van der Waals surface area contributed by atoms with E-state index in [-0.39, 0.29) is 16.5 Å². The minimum Gasteiger partial charge on any atom is -0.508 e. The SMILES string of the molecule is CCN(c1cccc(O)c1)S(=O)(=O)c1ccc(C#N)s1. The third-order valence-electron chi connectivity index (χ3n) is 2.64. The van der Waals surface area contributed by atoms with Crippen molar-refractivity contribution in [3.05, 3.63) is 41.3 Å². The van der Waals surface area contributed by atoms with Crippen molar-refractivity contribution < 1.29 is 13.5 Å². The maximum atomic E-state index is 12.5. The van der Waals surface area contributed by atoms with E-state index < -0.39 is 10.0 Å². The topological polar surface area (TPSA) is 81.4 Å². The van der Waals surface area contributed by atoms with Gasteiger partial charge in [0.25, 0.3) is 10.0 Å². The molecule has 20 heavy (non-hydrogen) atoms. The number of phenolic OH excluding ortho intramolecular Hbond substituents is 1. The molecule has 0 amide bonds. The van der Waals surface area contributed by atoms with Crippen molar-refractivity contribution >= 4 is 27.0 Å². The van der Waals surface area contributed by atoms with Gasteiger partial charge in [-0.2, -0.15) is 5.26 Å². The maximum Gasteiger partial charge on any atom is 0.273 e. The first-order valence-electron chi connectivity index (χ1n) is 5.80. The summed E-state index contributed by atoms with van der Waals surface area (Å²) in [6.07, 6.45) is 0. The Labute approximate surface area is 121 Å². The minimum absolute atomic E-state index is 0.0000403. The molecule has 1 aromatic heterocycles. The summed E-state index contributed by atoms with van der Waals surface area (Å²) in [5.74, 6) is 0.0000403. The first-order valence-corrected chi connectivity index (χ1v) is 8.06. The lowest BCUT2D eigenvalue weighted by molar-refractivity contribution is 0.475. The molecule has 7 heteroatoms. The van der Waals surface area contributed by atoms with Gasteiger partial charge in [0.1, 0.15) is 20.9 Å². The van der Waals surface area contributed by atoms with Crippen molar-refractivity contribution in [3.8, 4) is 11.8 Å². The van der Waals surface area contributed by atoms with Crippen LogP contribution in [-0.4, -0.2) is 20.1 Å². The highest BCUT2D eigenvalue weighted by Gasteiger charge is 2.25. The molecule has 0 aliphatic carbocycles. The summed E-state index contributed by atoms with van der Waals surface area (Å²) in [6.45, 7) is 1.94. The fourth-order valence-electron chi connectivity index (χ4n) is 1.77. The highest BCUT2D eigenvalue weighted by atomic mass is 32.2. The molecule has 2 rings (SSSR count). The van der Waals surface area contributed by atoms with E-state index in [1.165, 1.54) is 28.6 Å². The summed E-state index contributed by atoms with van der Waals surface area (Å²) >= 11 is 0.929. The van der Waals surface area contributed by atoms with Crippen LogP contribution in [0, 0.1) is 11.3 Å². The highest BCUT2D eigenvalue weighted by Crippen LogP contribution is 2.29. The number of sulfonamides is 1. The van der Waals surface area contributed by atoms with Crippen LogP contribution in [0.15, 0.2) is 40.6 Å². The number of hydrogen-bond donors (Lipinski definition) is 1. The van der Waals surface area contributed by atoms with Crippen LogP contribution in [0.1, 0.15) is 11.8 Å². The van der Waals surface area contributed by atoms with E-state index in [1.807, 2.05) is 6.07 Å². The minimum atomic E-state index is -3.72. The van der Waals surface area contributed by atoms with E-state index in [0.717, 1.165) is 11.3 Å². The van der Waals surface area contributed by atoms with Gasteiger partial charge in [-0.25, -0.2) is 8.42 Å². The Bertz CT molecular complexity index is 760. The van der Waals surface area contributed by atoms with Crippen LogP contribution in [-0.2, 0) is 10.0 Å². The van der Waals surface area contributed by atoms with Crippen LogP contribution in [0.5, 0.6) is 5.75 Å². The van der Waals surface area contributed by atoms with Crippen molar-refractivity contribution in [2.24, 2.45) is 0 Å². The summed E-state index contributed by atoms with van der Waals surface area (Å²) < 4.78 is 26.4. The first kappa shape index (κ1) is 14.4. The number of nitriles is 1. The van der Waals surface area contributed by atoms with Gasteiger partial charge in [0.15, 0.2) is 0 Å². The van der Waals surface area contributed by atoms with E-state index in [0.29, 0.717) is 10.6 Å². The zero-order valence-electron chi connectivity index (χ0n) is 10.6. The molecule has 5 nitrogen and oxygen atoms in total. The van der Waals surface area contributed by atoms with Crippen molar-refractivity contribution in [1.29, 1.82) is 5.26 Å². The average molecular weight is 308 g/mol. The summed E-state index contributed by atoms with van der Waals surface area (Å²) in [5.41, 5.74) is 0.388. The molecule has 1 aromatic carbocycles. The van der Waals surface area contributed by atoms with Gasteiger partial charge >= 0.3 is 0 Å². The van der Waals surface area contributed by atoms with Crippen LogP contribution in [0.3, 0.4) is 0 Å². The summed E-state index contributed by atoms with van der Waals surface area (Å²) in [7, 11) is -3.72. The van der Waals surface area contributed by atoms with Crippen molar-refractivity contribution in [2.75, 3.05) is 10.8 Å². The van der Waals surface area contributed by atoms with E-state index >= 15 is 0 Å². The van der Waals surface area contributed by atoms with Crippen LogP contribution in [0.2, 0.25) is 0 Å². The number of rotatable bonds is 4. The molecule has 0 spiro atoms. The van der Waals surface area contributed by atoms with Gasteiger partial charge in [0.2, 0.25) is 0 Å². The molecule has 0 aliphatic heterocycles. The summed E-state index contributed by atoms with van der Waals surface area (Å²) in [6, 6.07) is 10.9. The number of benzene rings is 1. The number of aromatic hydroxyl groups is 1. The van der Waals surface area contributed by atoms with Crippen LogP contribution >= 0.6 is 11.3 Å². The Kier molecular flexibility index (Phi) is 3.97. The molecule has 1 heterocycles. The lowest BCUT2D eigenvalue weighted by Crippen LogP contribution is -2.30. The van der Waals surface area contributed by atoms with Gasteiger partial charge in [-0.1, -0.05) is 6.07 Å². The second-order valence-corrected chi connectivity index (χ2v) is 7.09. The quantitative estimate of drug-likeness (QED) is 0.941. The fourth-order valence-corrected chi connectivity index (χ4v) is 4.45. The molecule has 0 saturated heterocycles. The van der Waals surface area contributed by atoms with E-state index in [9.17, 15) is 13.5 Å². The number of nitrogens with zero attached hydrogens (tertiary/aromatic N) is 2. The van der Waals surface area contributed by atoms with Gasteiger partial charge in [0.05, 0.1) is 5.69 Å². The zero-order valence-corrected chi connectivity index (χ0v) is 12.3. The Hall–Kier alpha value is -2.04. The predicted octanol–water partition coefficient (Wildman–Crippen LogP) is 2.54. The normalized spacial score (nSPS) is 11.0. The lowest BCUT2D eigenvalue weighted by atomic mass is 10.3. The van der Waals surface area contributed by atoms with E-state index in [2.05, 4.69) is 0 Å². The third-order valence-corrected chi connectivity index (χ3v) is 6.00. The van der Waals surface area contributed by atoms with Crippen molar-refractivity contribution in [1.82, 2.24) is 0 Å². The molecule has 0 radical (unpaired) electrons. The molecule has 0 unspecified atom stereocenters. The average Bonchev–Trinajstić information content (AvgIpc) is 2.89. The number of hydrogen-bond acceptors (Lipinski definition) is 5. The van der Waals surface area contributed by atoms with Crippen molar-refractivity contribution in [2.45, 2.75) is 11.1 Å². The lowest BCUT2D eigenvalue weighted by Gasteiger charge is -2.22. The Morgan fingerprint density at radius 2 is 2.10 bits per heavy atom.